The molecule has 0 bridgehead atoms. The number of carbonyl (C=O) groups is 1. The Morgan fingerprint density at radius 3 is 2.74 bits per heavy atom. The summed E-state index contributed by atoms with van der Waals surface area (Å²) in [6, 6.07) is 11.4. The van der Waals surface area contributed by atoms with Crippen LogP contribution in [-0.4, -0.2) is 19.1 Å². The fourth-order valence-corrected chi connectivity index (χ4v) is 1.67. The van der Waals surface area contributed by atoms with Gasteiger partial charge in [-0.3, -0.25) is 4.79 Å². The van der Waals surface area contributed by atoms with Crippen LogP contribution in [0.1, 0.15) is 22.5 Å². The summed E-state index contributed by atoms with van der Waals surface area (Å²) in [5.74, 6) is 1.04. The van der Waals surface area contributed by atoms with E-state index in [0.29, 0.717) is 18.9 Å². The summed E-state index contributed by atoms with van der Waals surface area (Å²) in [6.45, 7) is 2.98. The second-order valence-electron chi connectivity index (χ2n) is 4.20. The van der Waals surface area contributed by atoms with Crippen LogP contribution < -0.4 is 10.1 Å². The number of benzene rings is 1. The van der Waals surface area contributed by atoms with Gasteiger partial charge in [0.2, 0.25) is 0 Å². The number of hydrogen-bond acceptors (Lipinski definition) is 3. The molecule has 0 saturated carbocycles. The van der Waals surface area contributed by atoms with Crippen molar-refractivity contribution in [3.8, 4) is 5.75 Å². The SMILES string of the molecule is Cc1ccoc1C(=O)NCCCOc1ccccc1. The number of carbonyl (C=O) groups excluding carboxylic acids is 1. The minimum absolute atomic E-state index is 0.179. The zero-order valence-electron chi connectivity index (χ0n) is 10.9. The quantitative estimate of drug-likeness (QED) is 0.811. The largest absolute Gasteiger partial charge is 0.494 e. The van der Waals surface area contributed by atoms with Crippen LogP contribution in [0.5, 0.6) is 5.75 Å². The van der Waals surface area contributed by atoms with Crippen molar-refractivity contribution in [2.75, 3.05) is 13.2 Å². The van der Waals surface area contributed by atoms with Gasteiger partial charge in [0.1, 0.15) is 5.75 Å². The van der Waals surface area contributed by atoms with Gasteiger partial charge in [-0.05, 0) is 31.5 Å². The Hall–Kier alpha value is -2.23. The van der Waals surface area contributed by atoms with Gasteiger partial charge in [0.15, 0.2) is 5.76 Å². The number of furan rings is 1. The maximum absolute atomic E-state index is 11.7. The topological polar surface area (TPSA) is 51.5 Å². The first-order valence-electron chi connectivity index (χ1n) is 6.27. The number of aryl methyl sites for hydroxylation is 1. The van der Waals surface area contributed by atoms with Crippen molar-refractivity contribution in [2.24, 2.45) is 0 Å². The van der Waals surface area contributed by atoms with E-state index in [1.807, 2.05) is 37.3 Å². The van der Waals surface area contributed by atoms with Crippen LogP contribution in [0.4, 0.5) is 0 Å². The lowest BCUT2D eigenvalue weighted by Crippen LogP contribution is -2.25. The molecular formula is C15H17NO3. The van der Waals surface area contributed by atoms with Crippen LogP contribution in [0.3, 0.4) is 0 Å². The standard InChI is InChI=1S/C15H17NO3/c1-12-8-11-19-14(12)15(17)16-9-5-10-18-13-6-3-2-4-7-13/h2-4,6-8,11H,5,9-10H2,1H3,(H,16,17). The van der Waals surface area contributed by atoms with Gasteiger partial charge in [0.05, 0.1) is 12.9 Å². The minimum atomic E-state index is -0.179. The van der Waals surface area contributed by atoms with Crippen LogP contribution in [-0.2, 0) is 0 Å². The highest BCUT2D eigenvalue weighted by molar-refractivity contribution is 5.92. The van der Waals surface area contributed by atoms with Crippen LogP contribution in [0.15, 0.2) is 47.1 Å². The summed E-state index contributed by atoms with van der Waals surface area (Å²) in [5, 5.41) is 2.80. The molecule has 0 unspecified atom stereocenters. The minimum Gasteiger partial charge on any atom is -0.494 e. The van der Waals surface area contributed by atoms with E-state index in [9.17, 15) is 4.79 Å². The third-order valence-electron chi connectivity index (χ3n) is 2.69. The molecule has 4 nitrogen and oxygen atoms in total. The molecule has 0 spiro atoms. The Labute approximate surface area is 112 Å². The van der Waals surface area contributed by atoms with E-state index in [-0.39, 0.29) is 5.91 Å². The summed E-state index contributed by atoms with van der Waals surface area (Å²) >= 11 is 0. The van der Waals surface area contributed by atoms with Crippen molar-refractivity contribution in [2.45, 2.75) is 13.3 Å². The van der Waals surface area contributed by atoms with E-state index in [1.54, 1.807) is 6.07 Å². The van der Waals surface area contributed by atoms with Crippen molar-refractivity contribution in [3.05, 3.63) is 54.0 Å². The molecule has 1 aromatic heterocycles. The lowest BCUT2D eigenvalue weighted by Gasteiger charge is -2.06. The zero-order valence-corrected chi connectivity index (χ0v) is 10.9. The number of ether oxygens (including phenoxy) is 1. The summed E-state index contributed by atoms with van der Waals surface area (Å²) in [7, 11) is 0. The number of rotatable bonds is 6. The summed E-state index contributed by atoms with van der Waals surface area (Å²) in [5.41, 5.74) is 0.845. The number of amides is 1. The monoisotopic (exact) mass is 259 g/mol. The van der Waals surface area contributed by atoms with Crippen molar-refractivity contribution >= 4 is 5.91 Å². The molecule has 2 aromatic rings. The lowest BCUT2D eigenvalue weighted by atomic mass is 10.2. The number of nitrogens with one attached hydrogen (secondary N) is 1. The van der Waals surface area contributed by atoms with Gasteiger partial charge in [-0.25, -0.2) is 0 Å². The average molecular weight is 259 g/mol. The van der Waals surface area contributed by atoms with Crippen LogP contribution in [0.2, 0.25) is 0 Å². The first-order valence-corrected chi connectivity index (χ1v) is 6.27. The van der Waals surface area contributed by atoms with Gasteiger partial charge < -0.3 is 14.5 Å². The molecular weight excluding hydrogens is 242 g/mol. The Kier molecular flexibility index (Phi) is 4.61. The molecule has 2 rings (SSSR count). The smallest absolute Gasteiger partial charge is 0.287 e. The highest BCUT2D eigenvalue weighted by Crippen LogP contribution is 2.09. The maximum Gasteiger partial charge on any atom is 0.287 e. The third-order valence-corrected chi connectivity index (χ3v) is 2.69. The Bertz CT molecular complexity index is 519. The lowest BCUT2D eigenvalue weighted by molar-refractivity contribution is 0.0923. The van der Waals surface area contributed by atoms with Crippen molar-refractivity contribution in [1.82, 2.24) is 5.32 Å². The molecule has 0 atom stereocenters. The predicted molar refractivity (Wildman–Crippen MR) is 72.3 cm³/mol. The summed E-state index contributed by atoms with van der Waals surface area (Å²) < 4.78 is 10.6. The Morgan fingerprint density at radius 2 is 2.05 bits per heavy atom. The molecule has 1 N–H and O–H groups in total. The second-order valence-corrected chi connectivity index (χ2v) is 4.20. The van der Waals surface area contributed by atoms with Crippen LogP contribution >= 0.6 is 0 Å². The molecule has 0 radical (unpaired) electrons. The third kappa shape index (κ3) is 3.88. The van der Waals surface area contributed by atoms with E-state index in [4.69, 9.17) is 9.15 Å². The van der Waals surface area contributed by atoms with Gasteiger partial charge in [-0.1, -0.05) is 18.2 Å². The Balaban J connectivity index is 1.65. The number of para-hydroxylation sites is 1. The first-order chi connectivity index (χ1) is 9.27. The highest BCUT2D eigenvalue weighted by atomic mass is 16.5. The Morgan fingerprint density at radius 1 is 1.26 bits per heavy atom. The average Bonchev–Trinajstić information content (AvgIpc) is 2.86. The van der Waals surface area contributed by atoms with Crippen LogP contribution in [0, 0.1) is 6.92 Å². The van der Waals surface area contributed by atoms with Crippen LogP contribution in [0.25, 0.3) is 0 Å². The highest BCUT2D eigenvalue weighted by Gasteiger charge is 2.11. The predicted octanol–water partition coefficient (Wildman–Crippen LogP) is 2.79. The van der Waals surface area contributed by atoms with E-state index < -0.39 is 0 Å². The normalized spacial score (nSPS) is 10.2. The van der Waals surface area contributed by atoms with E-state index >= 15 is 0 Å². The molecule has 0 fully saturated rings. The molecule has 4 heteroatoms. The molecule has 1 amide bonds. The zero-order chi connectivity index (χ0) is 13.5. The van der Waals surface area contributed by atoms with Gasteiger partial charge in [-0.2, -0.15) is 0 Å². The molecule has 19 heavy (non-hydrogen) atoms. The number of hydrogen-bond donors (Lipinski definition) is 1. The summed E-state index contributed by atoms with van der Waals surface area (Å²) in [6.07, 6.45) is 2.27. The summed E-state index contributed by atoms with van der Waals surface area (Å²) in [4.78, 5) is 11.7. The maximum atomic E-state index is 11.7. The first kappa shape index (κ1) is 13.2. The molecule has 0 saturated heterocycles. The van der Waals surface area contributed by atoms with Crippen molar-refractivity contribution in [3.63, 3.8) is 0 Å². The van der Waals surface area contributed by atoms with E-state index in [2.05, 4.69) is 5.32 Å². The van der Waals surface area contributed by atoms with Gasteiger partial charge >= 0.3 is 0 Å². The second kappa shape index (κ2) is 6.64. The van der Waals surface area contributed by atoms with Gasteiger partial charge in [0, 0.05) is 12.1 Å². The molecule has 1 heterocycles. The molecule has 0 aliphatic carbocycles. The van der Waals surface area contributed by atoms with E-state index in [0.717, 1.165) is 17.7 Å². The fourth-order valence-electron chi connectivity index (χ4n) is 1.67. The molecule has 0 aliphatic rings. The van der Waals surface area contributed by atoms with E-state index in [1.165, 1.54) is 6.26 Å². The molecule has 1 aromatic carbocycles. The molecule has 0 aliphatic heterocycles. The molecule has 100 valence electrons. The van der Waals surface area contributed by atoms with Crippen molar-refractivity contribution < 1.29 is 13.9 Å². The van der Waals surface area contributed by atoms with Gasteiger partial charge in [-0.15, -0.1) is 0 Å². The van der Waals surface area contributed by atoms with Gasteiger partial charge in [0.25, 0.3) is 5.91 Å². The van der Waals surface area contributed by atoms with Crippen molar-refractivity contribution in [1.29, 1.82) is 0 Å². The fraction of sp³-hybridized carbons (Fsp3) is 0.267.